The molecule has 2 heteroatoms. The second-order valence-corrected chi connectivity index (χ2v) is 3.97. The average Bonchev–Trinajstić information content (AvgIpc) is 2.16. The molecule has 1 aliphatic rings. The molecule has 0 spiro atoms. The van der Waals surface area contributed by atoms with Crippen LogP contribution in [-0.2, 0) is 0 Å². The predicted octanol–water partition coefficient (Wildman–Crippen LogP) is 2.02. The lowest BCUT2D eigenvalue weighted by Gasteiger charge is -2.25. The molecule has 1 heterocycles. The molecule has 0 bridgehead atoms. The summed E-state index contributed by atoms with van der Waals surface area (Å²) in [7, 11) is 0. The zero-order valence-electron chi connectivity index (χ0n) is 8.08. The van der Waals surface area contributed by atoms with Crippen LogP contribution in [0.4, 0.5) is 0 Å². The molecule has 1 fully saturated rings. The molecule has 2 unspecified atom stereocenters. The number of likely N-dealkylation sites (tertiary alicyclic amines) is 1. The maximum Gasteiger partial charge on any atom is 0.0868 e. The molecule has 1 aliphatic heterocycles. The normalized spacial score (nSPS) is 32.4. The first kappa shape index (κ1) is 9.54. The van der Waals surface area contributed by atoms with Crippen molar-refractivity contribution in [2.45, 2.75) is 39.2 Å². The molecule has 0 saturated carbocycles. The summed E-state index contributed by atoms with van der Waals surface area (Å²) in [6, 6.07) is 2.85. The Kier molecular flexibility index (Phi) is 3.55. The van der Waals surface area contributed by atoms with E-state index in [1.807, 2.05) is 0 Å². The molecule has 0 aliphatic carbocycles. The van der Waals surface area contributed by atoms with Gasteiger partial charge in [-0.25, -0.2) is 0 Å². The molecule has 0 amide bonds. The Hall–Kier alpha value is -0.550. The molecule has 0 aromatic heterocycles. The summed E-state index contributed by atoms with van der Waals surface area (Å²) >= 11 is 0. The monoisotopic (exact) mass is 166 g/mol. The highest BCUT2D eigenvalue weighted by Gasteiger charge is 2.19. The lowest BCUT2D eigenvalue weighted by Crippen LogP contribution is -2.34. The minimum absolute atomic E-state index is 0.603. The van der Waals surface area contributed by atoms with E-state index in [1.54, 1.807) is 0 Å². The topological polar surface area (TPSA) is 27.0 Å². The number of rotatable bonds is 1. The average molecular weight is 166 g/mol. The van der Waals surface area contributed by atoms with Crippen LogP contribution in [0.2, 0.25) is 0 Å². The Morgan fingerprint density at radius 1 is 1.42 bits per heavy atom. The van der Waals surface area contributed by atoms with E-state index in [-0.39, 0.29) is 0 Å². The van der Waals surface area contributed by atoms with Gasteiger partial charge in [-0.2, -0.15) is 5.26 Å². The van der Waals surface area contributed by atoms with Crippen LogP contribution in [0, 0.1) is 17.2 Å². The van der Waals surface area contributed by atoms with Gasteiger partial charge in [0.1, 0.15) is 0 Å². The van der Waals surface area contributed by atoms with Gasteiger partial charge in [-0.3, -0.25) is 4.90 Å². The Bertz CT molecular complexity index is 171. The zero-order valence-corrected chi connectivity index (χ0v) is 8.08. The molecule has 1 saturated heterocycles. The van der Waals surface area contributed by atoms with E-state index in [0.717, 1.165) is 12.5 Å². The zero-order chi connectivity index (χ0) is 8.97. The first-order valence-electron chi connectivity index (χ1n) is 4.85. The SMILES string of the molecule is CC1CCCC(C)N(CC#N)C1. The lowest BCUT2D eigenvalue weighted by molar-refractivity contribution is 0.219. The van der Waals surface area contributed by atoms with Gasteiger partial charge in [0.2, 0.25) is 0 Å². The van der Waals surface area contributed by atoms with Gasteiger partial charge in [-0.05, 0) is 25.7 Å². The Balaban J connectivity index is 2.49. The van der Waals surface area contributed by atoms with Crippen LogP contribution in [0.15, 0.2) is 0 Å². The molecular formula is C10H18N2. The van der Waals surface area contributed by atoms with E-state index in [1.165, 1.54) is 19.3 Å². The van der Waals surface area contributed by atoms with Crippen molar-refractivity contribution in [2.75, 3.05) is 13.1 Å². The van der Waals surface area contributed by atoms with Crippen LogP contribution in [0.5, 0.6) is 0 Å². The fourth-order valence-corrected chi connectivity index (χ4v) is 1.93. The highest BCUT2D eigenvalue weighted by molar-refractivity contribution is 4.83. The molecular weight excluding hydrogens is 148 g/mol. The fourth-order valence-electron chi connectivity index (χ4n) is 1.93. The standard InChI is InChI=1S/C10H18N2/c1-9-4-3-5-10(2)12(8-9)7-6-11/h9-10H,3-5,7-8H2,1-2H3. The molecule has 1 rings (SSSR count). The van der Waals surface area contributed by atoms with Crippen molar-refractivity contribution in [3.63, 3.8) is 0 Å². The third kappa shape index (κ3) is 2.49. The Labute approximate surface area is 75.2 Å². The van der Waals surface area contributed by atoms with Gasteiger partial charge in [0.15, 0.2) is 0 Å². The first-order chi connectivity index (χ1) is 5.74. The van der Waals surface area contributed by atoms with E-state index in [0.29, 0.717) is 12.6 Å². The van der Waals surface area contributed by atoms with Crippen LogP contribution in [0.25, 0.3) is 0 Å². The van der Waals surface area contributed by atoms with Gasteiger partial charge in [-0.15, -0.1) is 0 Å². The molecule has 0 N–H and O–H groups in total. The number of nitrogens with zero attached hydrogens (tertiary/aromatic N) is 2. The van der Waals surface area contributed by atoms with Crippen molar-refractivity contribution < 1.29 is 0 Å². The van der Waals surface area contributed by atoms with Crippen molar-refractivity contribution in [3.05, 3.63) is 0 Å². The summed E-state index contributed by atoms with van der Waals surface area (Å²) in [5.74, 6) is 0.767. The van der Waals surface area contributed by atoms with E-state index in [4.69, 9.17) is 5.26 Å². The van der Waals surface area contributed by atoms with Crippen LogP contribution < -0.4 is 0 Å². The first-order valence-corrected chi connectivity index (χ1v) is 4.85. The molecule has 0 radical (unpaired) electrons. The van der Waals surface area contributed by atoms with Gasteiger partial charge >= 0.3 is 0 Å². The van der Waals surface area contributed by atoms with Crippen LogP contribution in [-0.4, -0.2) is 24.0 Å². The van der Waals surface area contributed by atoms with Crippen molar-refractivity contribution in [1.29, 1.82) is 5.26 Å². The highest BCUT2D eigenvalue weighted by atomic mass is 15.1. The summed E-state index contributed by atoms with van der Waals surface area (Å²) in [6.45, 7) is 6.22. The van der Waals surface area contributed by atoms with E-state index < -0.39 is 0 Å². The second-order valence-electron chi connectivity index (χ2n) is 3.97. The molecule has 12 heavy (non-hydrogen) atoms. The van der Waals surface area contributed by atoms with Crippen molar-refractivity contribution >= 4 is 0 Å². The summed E-state index contributed by atoms with van der Waals surface area (Å²) < 4.78 is 0. The molecule has 68 valence electrons. The fraction of sp³-hybridized carbons (Fsp3) is 0.900. The quantitative estimate of drug-likeness (QED) is 0.557. The maximum atomic E-state index is 8.62. The molecule has 2 atom stereocenters. The van der Waals surface area contributed by atoms with Crippen molar-refractivity contribution in [3.8, 4) is 6.07 Å². The molecule has 0 aromatic rings. The highest BCUT2D eigenvalue weighted by Crippen LogP contribution is 2.19. The second kappa shape index (κ2) is 4.47. The van der Waals surface area contributed by atoms with Crippen LogP contribution in [0.3, 0.4) is 0 Å². The summed E-state index contributed by atoms with van der Waals surface area (Å²) in [4.78, 5) is 2.30. The van der Waals surface area contributed by atoms with Gasteiger partial charge in [0.25, 0.3) is 0 Å². The lowest BCUT2D eigenvalue weighted by atomic mass is 10.1. The maximum absolute atomic E-state index is 8.62. The predicted molar refractivity (Wildman–Crippen MR) is 49.7 cm³/mol. The van der Waals surface area contributed by atoms with Crippen LogP contribution >= 0.6 is 0 Å². The minimum Gasteiger partial charge on any atom is -0.288 e. The van der Waals surface area contributed by atoms with E-state index in [2.05, 4.69) is 24.8 Å². The van der Waals surface area contributed by atoms with E-state index in [9.17, 15) is 0 Å². The van der Waals surface area contributed by atoms with Gasteiger partial charge in [0, 0.05) is 12.6 Å². The Morgan fingerprint density at radius 3 is 2.83 bits per heavy atom. The number of hydrogen-bond acceptors (Lipinski definition) is 2. The van der Waals surface area contributed by atoms with Gasteiger partial charge < -0.3 is 0 Å². The van der Waals surface area contributed by atoms with Crippen LogP contribution in [0.1, 0.15) is 33.1 Å². The smallest absolute Gasteiger partial charge is 0.0868 e. The van der Waals surface area contributed by atoms with Crippen molar-refractivity contribution in [2.24, 2.45) is 5.92 Å². The Morgan fingerprint density at radius 2 is 2.17 bits per heavy atom. The largest absolute Gasteiger partial charge is 0.288 e. The third-order valence-corrected chi connectivity index (χ3v) is 2.76. The van der Waals surface area contributed by atoms with Gasteiger partial charge in [-0.1, -0.05) is 13.3 Å². The molecule has 2 nitrogen and oxygen atoms in total. The summed E-state index contributed by atoms with van der Waals surface area (Å²) in [5.41, 5.74) is 0. The van der Waals surface area contributed by atoms with Gasteiger partial charge in [0.05, 0.1) is 12.6 Å². The summed E-state index contributed by atoms with van der Waals surface area (Å²) in [5, 5.41) is 8.62. The third-order valence-electron chi connectivity index (χ3n) is 2.76. The summed E-state index contributed by atoms with van der Waals surface area (Å²) in [6.07, 6.45) is 3.91. The number of hydrogen-bond donors (Lipinski definition) is 0. The van der Waals surface area contributed by atoms with Crippen molar-refractivity contribution in [1.82, 2.24) is 4.90 Å². The number of nitriles is 1. The minimum atomic E-state index is 0.603. The molecule has 0 aromatic carbocycles. The van der Waals surface area contributed by atoms with E-state index >= 15 is 0 Å².